The molecule has 27 heavy (non-hydrogen) atoms. The number of hydrogen-bond donors (Lipinski definition) is 0. The average Bonchev–Trinajstić information content (AvgIpc) is 2.58. The van der Waals surface area contributed by atoms with Crippen LogP contribution in [0.3, 0.4) is 0 Å². The third-order valence-corrected chi connectivity index (χ3v) is 3.88. The summed E-state index contributed by atoms with van der Waals surface area (Å²) in [7, 11) is 0. The fraction of sp³-hybridized carbons (Fsp3) is 0.100. The highest BCUT2D eigenvalue weighted by molar-refractivity contribution is 5.71. The molecule has 0 atom stereocenters. The van der Waals surface area contributed by atoms with Gasteiger partial charge in [0.25, 0.3) is 0 Å². The van der Waals surface area contributed by atoms with E-state index in [0.29, 0.717) is 17.7 Å². The van der Waals surface area contributed by atoms with E-state index in [1.54, 1.807) is 18.2 Å². The molecule has 1 nitrogen and oxygen atoms in total. The smallest absolute Gasteiger partial charge is 0.399 e. The SMILES string of the molecule is Cc1ccc(-c2ccc(-c3cc(F)c(OC(F)(F)F)c(F)c3)c(F)c2)cc1. The Balaban J connectivity index is 1.98. The van der Waals surface area contributed by atoms with E-state index in [1.165, 1.54) is 12.1 Å². The van der Waals surface area contributed by atoms with Crippen LogP contribution >= 0.6 is 0 Å². The Kier molecular flexibility index (Phi) is 4.87. The normalized spacial score (nSPS) is 11.5. The highest BCUT2D eigenvalue weighted by Gasteiger charge is 2.34. The maximum absolute atomic E-state index is 14.5. The number of benzene rings is 3. The first-order valence-electron chi connectivity index (χ1n) is 7.76. The minimum absolute atomic E-state index is 0.151. The fourth-order valence-electron chi connectivity index (χ4n) is 2.60. The molecule has 3 aromatic rings. The molecule has 0 spiro atoms. The number of halogens is 6. The zero-order chi connectivity index (χ0) is 19.8. The van der Waals surface area contributed by atoms with Crippen molar-refractivity contribution in [1.29, 1.82) is 0 Å². The topological polar surface area (TPSA) is 9.23 Å². The van der Waals surface area contributed by atoms with E-state index < -0.39 is 29.6 Å². The maximum Gasteiger partial charge on any atom is 0.573 e. The van der Waals surface area contributed by atoms with Crippen molar-refractivity contribution in [2.24, 2.45) is 0 Å². The van der Waals surface area contributed by atoms with Gasteiger partial charge < -0.3 is 4.74 Å². The van der Waals surface area contributed by atoms with Gasteiger partial charge in [-0.1, -0.05) is 42.0 Å². The maximum atomic E-state index is 14.5. The summed E-state index contributed by atoms with van der Waals surface area (Å²) >= 11 is 0. The second-order valence-corrected chi connectivity index (χ2v) is 5.88. The molecule has 0 saturated carbocycles. The van der Waals surface area contributed by atoms with E-state index in [4.69, 9.17) is 0 Å². The van der Waals surface area contributed by atoms with Gasteiger partial charge in [-0.25, -0.2) is 13.2 Å². The molecule has 0 aliphatic rings. The van der Waals surface area contributed by atoms with E-state index in [1.807, 2.05) is 19.1 Å². The molecule has 0 amide bonds. The summed E-state index contributed by atoms with van der Waals surface area (Å²) in [5.74, 6) is -5.51. The molecule has 140 valence electrons. The van der Waals surface area contributed by atoms with Gasteiger partial charge in [-0.3, -0.25) is 0 Å². The molecule has 0 N–H and O–H groups in total. The second-order valence-electron chi connectivity index (χ2n) is 5.88. The number of alkyl halides is 3. The first-order valence-corrected chi connectivity index (χ1v) is 7.76. The van der Waals surface area contributed by atoms with Crippen molar-refractivity contribution in [3.63, 3.8) is 0 Å². The summed E-state index contributed by atoms with van der Waals surface area (Å²) in [5, 5.41) is 0. The summed E-state index contributed by atoms with van der Waals surface area (Å²) in [6.45, 7) is 1.91. The number of aryl methyl sites for hydroxylation is 1. The highest BCUT2D eigenvalue weighted by Crippen LogP contribution is 2.34. The van der Waals surface area contributed by atoms with E-state index >= 15 is 0 Å². The summed E-state index contributed by atoms with van der Waals surface area (Å²) in [6.07, 6.45) is -5.25. The largest absolute Gasteiger partial charge is 0.573 e. The average molecular weight is 382 g/mol. The minimum atomic E-state index is -5.25. The van der Waals surface area contributed by atoms with E-state index in [9.17, 15) is 26.3 Å². The van der Waals surface area contributed by atoms with E-state index in [2.05, 4.69) is 4.74 Å². The lowest BCUT2D eigenvalue weighted by molar-refractivity contribution is -0.276. The fourth-order valence-corrected chi connectivity index (χ4v) is 2.60. The van der Waals surface area contributed by atoms with Gasteiger partial charge in [0.15, 0.2) is 11.6 Å². The van der Waals surface area contributed by atoms with Crippen molar-refractivity contribution in [2.45, 2.75) is 13.3 Å². The zero-order valence-corrected chi connectivity index (χ0v) is 13.9. The number of rotatable bonds is 3. The van der Waals surface area contributed by atoms with Crippen LogP contribution in [0.25, 0.3) is 22.3 Å². The van der Waals surface area contributed by atoms with Crippen molar-refractivity contribution >= 4 is 0 Å². The van der Waals surface area contributed by atoms with Crippen LogP contribution in [-0.4, -0.2) is 6.36 Å². The molecule has 7 heteroatoms. The molecule has 0 saturated heterocycles. The molecule has 0 radical (unpaired) electrons. The molecule has 0 unspecified atom stereocenters. The van der Waals surface area contributed by atoms with Crippen LogP contribution in [0.4, 0.5) is 26.3 Å². The van der Waals surface area contributed by atoms with Crippen molar-refractivity contribution in [3.05, 3.63) is 77.6 Å². The van der Waals surface area contributed by atoms with Crippen LogP contribution in [0.1, 0.15) is 5.56 Å². The quantitative estimate of drug-likeness (QED) is 0.461. The molecule has 0 bridgehead atoms. The Morgan fingerprint density at radius 3 is 1.70 bits per heavy atom. The predicted octanol–water partition coefficient (Wildman–Crippen LogP) is 6.64. The lowest BCUT2D eigenvalue weighted by Gasteiger charge is -2.12. The lowest BCUT2D eigenvalue weighted by Crippen LogP contribution is -2.19. The van der Waals surface area contributed by atoms with Gasteiger partial charge in [-0.15, -0.1) is 13.2 Å². The Morgan fingerprint density at radius 1 is 0.667 bits per heavy atom. The summed E-state index contributed by atoms with van der Waals surface area (Å²) in [4.78, 5) is 0. The standard InChI is InChI=1S/C20H12F6O/c1-11-2-4-12(5-3-11)13-6-7-15(16(21)8-13)14-9-17(22)19(18(23)10-14)27-20(24,25)26/h2-10H,1H3. The summed E-state index contributed by atoms with van der Waals surface area (Å²) in [5.41, 5.74) is 1.93. The van der Waals surface area contributed by atoms with Crippen molar-refractivity contribution in [1.82, 2.24) is 0 Å². The Hall–Kier alpha value is -2.96. The van der Waals surface area contributed by atoms with Gasteiger partial charge in [-0.05, 0) is 41.8 Å². The van der Waals surface area contributed by atoms with Crippen LogP contribution in [0.5, 0.6) is 5.75 Å². The van der Waals surface area contributed by atoms with Gasteiger partial charge in [0.1, 0.15) is 5.82 Å². The Bertz CT molecular complexity index is 954. The van der Waals surface area contributed by atoms with Crippen LogP contribution in [-0.2, 0) is 0 Å². The van der Waals surface area contributed by atoms with Crippen molar-refractivity contribution < 1.29 is 31.1 Å². The zero-order valence-electron chi connectivity index (χ0n) is 13.9. The predicted molar refractivity (Wildman–Crippen MR) is 88.6 cm³/mol. The number of hydrogen-bond acceptors (Lipinski definition) is 1. The monoisotopic (exact) mass is 382 g/mol. The number of ether oxygens (including phenoxy) is 1. The van der Waals surface area contributed by atoms with Crippen molar-refractivity contribution in [2.75, 3.05) is 0 Å². The molecular formula is C20H12F6O. The molecule has 0 heterocycles. The van der Waals surface area contributed by atoms with E-state index in [-0.39, 0.29) is 11.1 Å². The van der Waals surface area contributed by atoms with Crippen LogP contribution in [0.15, 0.2) is 54.6 Å². The van der Waals surface area contributed by atoms with Crippen LogP contribution < -0.4 is 4.74 Å². The van der Waals surface area contributed by atoms with E-state index in [0.717, 1.165) is 11.1 Å². The third kappa shape index (κ3) is 4.24. The van der Waals surface area contributed by atoms with Gasteiger partial charge in [0.2, 0.25) is 5.75 Å². The van der Waals surface area contributed by atoms with Gasteiger partial charge in [-0.2, -0.15) is 0 Å². The molecular weight excluding hydrogens is 370 g/mol. The van der Waals surface area contributed by atoms with Crippen LogP contribution in [0, 0.1) is 24.4 Å². The lowest BCUT2D eigenvalue weighted by atomic mass is 9.99. The Labute approximate surface area is 150 Å². The second kappa shape index (κ2) is 6.98. The molecule has 0 fully saturated rings. The first-order chi connectivity index (χ1) is 12.6. The highest BCUT2D eigenvalue weighted by atomic mass is 19.4. The van der Waals surface area contributed by atoms with Gasteiger partial charge >= 0.3 is 6.36 Å². The Morgan fingerprint density at radius 2 is 1.19 bits per heavy atom. The summed E-state index contributed by atoms with van der Waals surface area (Å²) in [6, 6.07) is 12.5. The van der Waals surface area contributed by atoms with Crippen molar-refractivity contribution in [3.8, 4) is 28.0 Å². The van der Waals surface area contributed by atoms with Gasteiger partial charge in [0, 0.05) is 5.56 Å². The molecule has 3 rings (SSSR count). The molecule has 0 aromatic heterocycles. The third-order valence-electron chi connectivity index (χ3n) is 3.88. The minimum Gasteiger partial charge on any atom is -0.399 e. The van der Waals surface area contributed by atoms with Gasteiger partial charge in [0.05, 0.1) is 0 Å². The molecule has 0 aliphatic carbocycles. The van der Waals surface area contributed by atoms with Crippen LogP contribution in [0.2, 0.25) is 0 Å². The molecule has 0 aliphatic heterocycles. The first kappa shape index (κ1) is 18.8. The summed E-state index contributed by atoms with van der Waals surface area (Å²) < 4.78 is 82.1. The molecule has 3 aromatic carbocycles.